The van der Waals surface area contributed by atoms with E-state index >= 15 is 0 Å². The predicted octanol–water partition coefficient (Wildman–Crippen LogP) is 4.39. The van der Waals surface area contributed by atoms with Crippen LogP contribution in [0.4, 0.5) is 22.0 Å². The van der Waals surface area contributed by atoms with Crippen molar-refractivity contribution in [1.29, 1.82) is 0 Å². The second-order valence-corrected chi connectivity index (χ2v) is 9.20. The predicted molar refractivity (Wildman–Crippen MR) is 114 cm³/mol. The molecular weight excluding hydrogens is 497 g/mol. The van der Waals surface area contributed by atoms with Crippen LogP contribution in [0.3, 0.4) is 0 Å². The third-order valence-corrected chi connectivity index (χ3v) is 6.43. The zero-order valence-corrected chi connectivity index (χ0v) is 19.2. The molecule has 0 aliphatic carbocycles. The minimum atomic E-state index is -4.73. The maximum atomic E-state index is 14.6. The van der Waals surface area contributed by atoms with Crippen molar-refractivity contribution in [2.45, 2.75) is 31.6 Å². The zero-order chi connectivity index (χ0) is 25.5. The van der Waals surface area contributed by atoms with Crippen LogP contribution in [-0.4, -0.2) is 47.5 Å². The van der Waals surface area contributed by atoms with Gasteiger partial charge in [-0.25, -0.2) is 13.8 Å². The van der Waals surface area contributed by atoms with Gasteiger partial charge in [0.05, 0.1) is 24.3 Å². The molecule has 6 nitrogen and oxygen atoms in total. The fourth-order valence-corrected chi connectivity index (χ4v) is 4.45. The SMILES string of the molecule is C[C@@H]1C[C@H](C(=O)N[C@@H](c2cc(F)c(Cl)cc2F)C2COC2)N(C(=O)c2cccc(C(F)(F)F)n2)C1. The van der Waals surface area contributed by atoms with E-state index in [0.29, 0.717) is 0 Å². The zero-order valence-electron chi connectivity index (χ0n) is 18.4. The van der Waals surface area contributed by atoms with Gasteiger partial charge in [-0.3, -0.25) is 9.59 Å². The summed E-state index contributed by atoms with van der Waals surface area (Å²) in [4.78, 5) is 30.9. The molecule has 0 unspecified atom stereocenters. The van der Waals surface area contributed by atoms with Gasteiger partial charge in [0.2, 0.25) is 5.91 Å². The molecule has 2 fully saturated rings. The van der Waals surface area contributed by atoms with Gasteiger partial charge in [0.25, 0.3) is 5.91 Å². The van der Waals surface area contributed by atoms with Crippen molar-refractivity contribution in [2.75, 3.05) is 19.8 Å². The van der Waals surface area contributed by atoms with Crippen LogP contribution >= 0.6 is 11.6 Å². The number of amides is 2. The standard InChI is InChI=1S/C23H21ClF5N3O3/c1-11-5-18(32(8-11)22(34)17-3-2-4-19(30-17)23(27,28)29)21(33)31-20(12-9-35-10-12)13-6-16(26)14(24)7-15(13)25/h2-4,6-7,11-12,18,20H,5,8-10H2,1H3,(H,31,33)/t11-,18-,20-/m1/s1. The number of nitrogens with zero attached hydrogens (tertiary/aromatic N) is 2. The number of nitrogens with one attached hydrogen (secondary N) is 1. The van der Waals surface area contributed by atoms with Crippen molar-refractivity contribution in [3.8, 4) is 0 Å². The molecule has 2 aliphatic heterocycles. The Bertz CT molecular complexity index is 1140. The van der Waals surface area contributed by atoms with Gasteiger partial charge in [0.15, 0.2) is 0 Å². The van der Waals surface area contributed by atoms with Gasteiger partial charge in [-0.15, -0.1) is 0 Å². The summed E-state index contributed by atoms with van der Waals surface area (Å²) in [6.45, 7) is 2.31. The number of carbonyl (C=O) groups excluding carboxylic acids is 2. The van der Waals surface area contributed by atoms with E-state index in [0.717, 1.165) is 35.2 Å². The van der Waals surface area contributed by atoms with Crippen LogP contribution < -0.4 is 5.32 Å². The summed E-state index contributed by atoms with van der Waals surface area (Å²) in [6.07, 6.45) is -4.50. The summed E-state index contributed by atoms with van der Waals surface area (Å²) < 4.78 is 73.0. The average molecular weight is 518 g/mol. The number of rotatable bonds is 5. The van der Waals surface area contributed by atoms with Gasteiger partial charge < -0.3 is 15.0 Å². The quantitative estimate of drug-likeness (QED) is 0.472. The van der Waals surface area contributed by atoms with Gasteiger partial charge >= 0.3 is 6.18 Å². The van der Waals surface area contributed by atoms with E-state index in [-0.39, 0.29) is 43.6 Å². The Kier molecular flexibility index (Phi) is 7.01. The molecule has 12 heteroatoms. The molecule has 35 heavy (non-hydrogen) atoms. The Morgan fingerprint density at radius 3 is 2.54 bits per heavy atom. The first kappa shape index (κ1) is 25.3. The number of alkyl halides is 3. The molecule has 2 aromatic rings. The van der Waals surface area contributed by atoms with Crippen LogP contribution in [0, 0.1) is 23.5 Å². The lowest BCUT2D eigenvalue weighted by molar-refractivity contribution is -0.141. The maximum absolute atomic E-state index is 14.6. The number of benzene rings is 1. The molecular formula is C23H21ClF5N3O3. The number of pyridine rings is 1. The fraction of sp³-hybridized carbons (Fsp3) is 0.435. The summed E-state index contributed by atoms with van der Waals surface area (Å²) in [5, 5.41) is 2.29. The molecule has 2 amide bonds. The molecule has 1 aromatic carbocycles. The second kappa shape index (κ2) is 9.69. The molecule has 0 spiro atoms. The average Bonchev–Trinajstić information content (AvgIpc) is 3.15. The smallest absolute Gasteiger partial charge is 0.381 e. The normalized spacial score (nSPS) is 21.5. The monoisotopic (exact) mass is 517 g/mol. The lowest BCUT2D eigenvalue weighted by Crippen LogP contribution is -2.50. The molecule has 0 radical (unpaired) electrons. The van der Waals surface area contributed by atoms with E-state index in [1.54, 1.807) is 6.92 Å². The van der Waals surface area contributed by atoms with Crippen molar-refractivity contribution in [1.82, 2.24) is 15.2 Å². The van der Waals surface area contributed by atoms with Crippen LogP contribution in [0.5, 0.6) is 0 Å². The van der Waals surface area contributed by atoms with Gasteiger partial charge in [-0.1, -0.05) is 24.6 Å². The summed E-state index contributed by atoms with van der Waals surface area (Å²) in [7, 11) is 0. The highest BCUT2D eigenvalue weighted by Crippen LogP contribution is 2.34. The minimum Gasteiger partial charge on any atom is -0.381 e. The highest BCUT2D eigenvalue weighted by Gasteiger charge is 2.42. The molecule has 1 aromatic heterocycles. The number of halogens is 6. The van der Waals surface area contributed by atoms with Gasteiger partial charge in [-0.05, 0) is 36.6 Å². The molecule has 1 N–H and O–H groups in total. The summed E-state index contributed by atoms with van der Waals surface area (Å²) in [5.41, 5.74) is -1.78. The third kappa shape index (κ3) is 5.25. The van der Waals surface area contributed by atoms with Gasteiger partial charge in [0, 0.05) is 18.0 Å². The number of hydrogen-bond donors (Lipinski definition) is 1. The molecule has 2 aliphatic rings. The summed E-state index contributed by atoms with van der Waals surface area (Å²) in [5.74, 6) is -3.61. The molecule has 188 valence electrons. The topological polar surface area (TPSA) is 71.5 Å². The molecule has 0 saturated carbocycles. The van der Waals surface area contributed by atoms with Crippen LogP contribution in [-0.2, 0) is 15.7 Å². The summed E-state index contributed by atoms with van der Waals surface area (Å²) in [6, 6.07) is 2.71. The van der Waals surface area contributed by atoms with Crippen molar-refractivity contribution >= 4 is 23.4 Å². The highest BCUT2D eigenvalue weighted by molar-refractivity contribution is 6.30. The number of likely N-dealkylation sites (tertiary alicyclic amines) is 1. The first-order chi connectivity index (χ1) is 16.5. The van der Waals surface area contributed by atoms with E-state index < -0.39 is 58.1 Å². The number of ether oxygens (including phenoxy) is 1. The summed E-state index contributed by atoms with van der Waals surface area (Å²) >= 11 is 5.65. The lowest BCUT2D eigenvalue weighted by Gasteiger charge is -2.36. The lowest BCUT2D eigenvalue weighted by atomic mass is 9.90. The van der Waals surface area contributed by atoms with Crippen LogP contribution in [0.15, 0.2) is 30.3 Å². The Morgan fingerprint density at radius 1 is 1.20 bits per heavy atom. The Hall–Kier alpha value is -2.79. The Morgan fingerprint density at radius 2 is 1.91 bits per heavy atom. The Labute approximate surface area is 202 Å². The first-order valence-corrected chi connectivity index (χ1v) is 11.2. The van der Waals surface area contributed by atoms with Gasteiger partial charge in [0.1, 0.15) is 29.1 Å². The molecule has 3 atom stereocenters. The van der Waals surface area contributed by atoms with Crippen molar-refractivity contribution in [3.05, 3.63) is 63.9 Å². The first-order valence-electron chi connectivity index (χ1n) is 10.8. The van der Waals surface area contributed by atoms with Crippen LogP contribution in [0.1, 0.15) is 41.1 Å². The fourth-order valence-electron chi connectivity index (χ4n) is 4.30. The van der Waals surface area contributed by atoms with Crippen molar-refractivity contribution in [2.24, 2.45) is 11.8 Å². The Balaban J connectivity index is 1.59. The number of hydrogen-bond acceptors (Lipinski definition) is 4. The largest absolute Gasteiger partial charge is 0.433 e. The molecule has 0 bridgehead atoms. The maximum Gasteiger partial charge on any atom is 0.433 e. The van der Waals surface area contributed by atoms with E-state index in [2.05, 4.69) is 10.3 Å². The van der Waals surface area contributed by atoms with Crippen LogP contribution in [0.25, 0.3) is 0 Å². The number of carbonyl (C=O) groups is 2. The van der Waals surface area contributed by atoms with Gasteiger partial charge in [-0.2, -0.15) is 13.2 Å². The van der Waals surface area contributed by atoms with Crippen molar-refractivity contribution in [3.63, 3.8) is 0 Å². The third-order valence-electron chi connectivity index (χ3n) is 6.14. The second-order valence-electron chi connectivity index (χ2n) is 8.79. The highest BCUT2D eigenvalue weighted by atomic mass is 35.5. The van der Waals surface area contributed by atoms with Crippen molar-refractivity contribution < 1.29 is 36.3 Å². The van der Waals surface area contributed by atoms with Crippen LogP contribution in [0.2, 0.25) is 5.02 Å². The minimum absolute atomic E-state index is 0.114. The van der Waals surface area contributed by atoms with E-state index in [1.807, 2.05) is 0 Å². The van der Waals surface area contributed by atoms with E-state index in [1.165, 1.54) is 0 Å². The van der Waals surface area contributed by atoms with E-state index in [9.17, 15) is 31.5 Å². The molecule has 4 rings (SSSR count). The molecule has 2 saturated heterocycles. The number of aromatic nitrogens is 1. The van der Waals surface area contributed by atoms with E-state index in [4.69, 9.17) is 16.3 Å². The molecule has 3 heterocycles.